The fourth-order valence-corrected chi connectivity index (χ4v) is 3.83. The largest absolute Gasteiger partial charge is 0.317 e. The molecule has 2 saturated carbocycles. The molecule has 2 rings (SSSR count). The Morgan fingerprint density at radius 1 is 1.17 bits per heavy atom. The number of nitrogens with one attached hydrogen (secondary N) is 1. The van der Waals surface area contributed by atoms with Crippen molar-refractivity contribution in [3.05, 3.63) is 0 Å². The molecule has 2 aliphatic carbocycles. The zero-order valence-electron chi connectivity index (χ0n) is 12.8. The Morgan fingerprint density at radius 2 is 1.89 bits per heavy atom. The van der Waals surface area contributed by atoms with Gasteiger partial charge < -0.3 is 10.2 Å². The van der Waals surface area contributed by atoms with Crippen LogP contribution in [0.4, 0.5) is 0 Å². The molecule has 0 amide bonds. The highest BCUT2D eigenvalue weighted by Crippen LogP contribution is 2.35. The van der Waals surface area contributed by atoms with Crippen molar-refractivity contribution in [1.29, 1.82) is 0 Å². The van der Waals surface area contributed by atoms with E-state index in [4.69, 9.17) is 0 Å². The second-order valence-corrected chi connectivity index (χ2v) is 7.00. The molecule has 2 aliphatic rings. The van der Waals surface area contributed by atoms with Crippen molar-refractivity contribution in [2.45, 2.75) is 64.5 Å². The first-order chi connectivity index (χ1) is 8.61. The molecular weight excluding hydrogens is 220 g/mol. The van der Waals surface area contributed by atoms with Gasteiger partial charge in [0.2, 0.25) is 0 Å². The topological polar surface area (TPSA) is 15.3 Å². The fraction of sp³-hybridized carbons (Fsp3) is 1.00. The van der Waals surface area contributed by atoms with Crippen LogP contribution in [0.1, 0.15) is 52.4 Å². The number of hydrogen-bond donors (Lipinski definition) is 1. The third-order valence-corrected chi connectivity index (χ3v) is 5.56. The van der Waals surface area contributed by atoms with Gasteiger partial charge in [-0.05, 0) is 64.0 Å². The highest BCUT2D eigenvalue weighted by Gasteiger charge is 2.33. The maximum Gasteiger partial charge on any atom is 0.0105 e. The molecule has 0 aromatic carbocycles. The number of hydrogen-bond acceptors (Lipinski definition) is 2. The van der Waals surface area contributed by atoms with Crippen molar-refractivity contribution in [2.75, 3.05) is 20.6 Å². The highest BCUT2D eigenvalue weighted by atomic mass is 15.1. The quantitative estimate of drug-likeness (QED) is 0.809. The molecule has 18 heavy (non-hydrogen) atoms. The van der Waals surface area contributed by atoms with Gasteiger partial charge in [-0.2, -0.15) is 0 Å². The van der Waals surface area contributed by atoms with Gasteiger partial charge in [0.25, 0.3) is 0 Å². The van der Waals surface area contributed by atoms with Crippen molar-refractivity contribution >= 4 is 0 Å². The summed E-state index contributed by atoms with van der Waals surface area (Å²) < 4.78 is 0. The van der Waals surface area contributed by atoms with E-state index in [1.807, 2.05) is 0 Å². The molecule has 0 heterocycles. The molecule has 0 aliphatic heterocycles. The molecule has 3 unspecified atom stereocenters. The first kappa shape index (κ1) is 14.3. The lowest BCUT2D eigenvalue weighted by Gasteiger charge is -2.43. The summed E-state index contributed by atoms with van der Waals surface area (Å²) in [5.41, 5.74) is 0. The molecule has 106 valence electrons. The summed E-state index contributed by atoms with van der Waals surface area (Å²) in [6.45, 7) is 6.10. The van der Waals surface area contributed by atoms with E-state index in [-0.39, 0.29) is 0 Å². The van der Waals surface area contributed by atoms with Gasteiger partial charge in [-0.3, -0.25) is 0 Å². The van der Waals surface area contributed by atoms with Gasteiger partial charge in [0.15, 0.2) is 0 Å². The summed E-state index contributed by atoms with van der Waals surface area (Å²) in [5, 5.41) is 3.57. The Hall–Kier alpha value is -0.0800. The summed E-state index contributed by atoms with van der Waals surface area (Å²) >= 11 is 0. The Balaban J connectivity index is 1.88. The van der Waals surface area contributed by atoms with Gasteiger partial charge in [-0.1, -0.05) is 20.3 Å². The van der Waals surface area contributed by atoms with Gasteiger partial charge in [0.1, 0.15) is 0 Å². The van der Waals surface area contributed by atoms with Crippen molar-refractivity contribution in [1.82, 2.24) is 10.2 Å². The standard InChI is InChI=1S/C16H32N2/c1-12(2)13-8-9-16(17-3)14(10-13)11-18(4)15-6-5-7-15/h12-17H,5-11H2,1-4H3. The number of nitrogens with zero attached hydrogens (tertiary/aromatic N) is 1. The van der Waals surface area contributed by atoms with Crippen molar-refractivity contribution in [3.63, 3.8) is 0 Å². The minimum atomic E-state index is 0.752. The molecule has 0 bridgehead atoms. The lowest BCUT2D eigenvalue weighted by Crippen LogP contribution is -2.48. The second kappa shape index (κ2) is 6.38. The third-order valence-electron chi connectivity index (χ3n) is 5.56. The molecule has 3 atom stereocenters. The Labute approximate surface area is 114 Å². The molecule has 0 aromatic heterocycles. The summed E-state index contributed by atoms with van der Waals surface area (Å²) in [7, 11) is 4.49. The monoisotopic (exact) mass is 252 g/mol. The molecule has 1 N–H and O–H groups in total. The molecule has 0 saturated heterocycles. The normalized spacial score (nSPS) is 34.0. The van der Waals surface area contributed by atoms with Gasteiger partial charge in [0, 0.05) is 18.6 Å². The van der Waals surface area contributed by atoms with E-state index in [2.05, 4.69) is 38.2 Å². The van der Waals surface area contributed by atoms with E-state index in [0.29, 0.717) is 0 Å². The predicted molar refractivity (Wildman–Crippen MR) is 78.8 cm³/mol. The maximum absolute atomic E-state index is 3.57. The van der Waals surface area contributed by atoms with Crippen LogP contribution in [-0.2, 0) is 0 Å². The zero-order valence-corrected chi connectivity index (χ0v) is 12.8. The molecule has 0 spiro atoms. The van der Waals surface area contributed by atoms with E-state index in [1.165, 1.54) is 45.1 Å². The van der Waals surface area contributed by atoms with Crippen LogP contribution in [0.3, 0.4) is 0 Å². The van der Waals surface area contributed by atoms with Crippen molar-refractivity contribution < 1.29 is 0 Å². The average Bonchev–Trinajstić information content (AvgIpc) is 2.26. The summed E-state index contributed by atoms with van der Waals surface area (Å²) in [5.74, 6) is 2.68. The smallest absolute Gasteiger partial charge is 0.0105 e. The highest BCUT2D eigenvalue weighted by molar-refractivity contribution is 4.88. The molecule has 0 radical (unpaired) electrons. The van der Waals surface area contributed by atoms with E-state index in [1.54, 1.807) is 0 Å². The number of rotatable bonds is 5. The van der Waals surface area contributed by atoms with Gasteiger partial charge >= 0.3 is 0 Å². The minimum Gasteiger partial charge on any atom is -0.317 e. The average molecular weight is 252 g/mol. The minimum absolute atomic E-state index is 0.752. The van der Waals surface area contributed by atoms with Gasteiger partial charge in [-0.25, -0.2) is 0 Å². The third kappa shape index (κ3) is 3.27. The second-order valence-electron chi connectivity index (χ2n) is 7.00. The van der Waals surface area contributed by atoms with Gasteiger partial charge in [-0.15, -0.1) is 0 Å². The molecule has 2 heteroatoms. The molecular formula is C16H32N2. The molecule has 0 aromatic rings. The molecule has 2 nitrogen and oxygen atoms in total. The van der Waals surface area contributed by atoms with Gasteiger partial charge in [0.05, 0.1) is 0 Å². The lowest BCUT2D eigenvalue weighted by atomic mass is 9.73. The van der Waals surface area contributed by atoms with Crippen LogP contribution >= 0.6 is 0 Å². The Morgan fingerprint density at radius 3 is 2.39 bits per heavy atom. The van der Waals surface area contributed by atoms with E-state index in [9.17, 15) is 0 Å². The summed E-state index contributed by atoms with van der Waals surface area (Å²) in [6, 6.07) is 1.64. The van der Waals surface area contributed by atoms with Crippen molar-refractivity contribution in [3.8, 4) is 0 Å². The van der Waals surface area contributed by atoms with Crippen molar-refractivity contribution in [2.24, 2.45) is 17.8 Å². The Bertz CT molecular complexity index is 247. The summed E-state index contributed by atoms with van der Waals surface area (Å²) in [6.07, 6.45) is 8.54. The van der Waals surface area contributed by atoms with Crippen LogP contribution in [0.2, 0.25) is 0 Å². The van der Waals surface area contributed by atoms with Crippen LogP contribution < -0.4 is 5.32 Å². The van der Waals surface area contributed by atoms with E-state index >= 15 is 0 Å². The van der Waals surface area contributed by atoms with E-state index < -0.39 is 0 Å². The fourth-order valence-electron chi connectivity index (χ4n) is 3.83. The molecule has 2 fully saturated rings. The lowest BCUT2D eigenvalue weighted by molar-refractivity contribution is 0.0898. The summed E-state index contributed by atoms with van der Waals surface area (Å²) in [4.78, 5) is 2.64. The first-order valence-electron chi connectivity index (χ1n) is 7.99. The Kier molecular flexibility index (Phi) is 5.08. The SMILES string of the molecule is CNC1CCC(C(C)C)CC1CN(C)C1CCC1. The van der Waals surface area contributed by atoms with E-state index in [0.717, 1.165) is 29.8 Å². The van der Waals surface area contributed by atoms with Crippen LogP contribution in [-0.4, -0.2) is 37.6 Å². The zero-order chi connectivity index (χ0) is 13.1. The maximum atomic E-state index is 3.57. The van der Waals surface area contributed by atoms with Crippen LogP contribution in [0.15, 0.2) is 0 Å². The van der Waals surface area contributed by atoms with Crippen LogP contribution in [0.25, 0.3) is 0 Å². The predicted octanol–water partition coefficient (Wildman–Crippen LogP) is 3.13. The van der Waals surface area contributed by atoms with Crippen LogP contribution in [0, 0.1) is 17.8 Å². The first-order valence-corrected chi connectivity index (χ1v) is 7.99. The van der Waals surface area contributed by atoms with Crippen LogP contribution in [0.5, 0.6) is 0 Å².